The molecule has 0 saturated carbocycles. The van der Waals surface area contributed by atoms with Crippen LogP contribution in [0.25, 0.3) is 0 Å². The summed E-state index contributed by atoms with van der Waals surface area (Å²) < 4.78 is 3.39. The number of hydrogen-bond donors (Lipinski definition) is 0. The standard InChI is InChI=1S/CH2INS.H2S/c1-3-4-2;/h1H2;1H2. The zero-order valence-corrected chi connectivity index (χ0v) is 6.41. The first-order chi connectivity index (χ1) is 1.91. The fraction of sp³-hybridized carbons (Fsp3) is 0. The topological polar surface area (TPSA) is 12.4 Å². The predicted molar refractivity (Wildman–Crippen MR) is 41.5 cm³/mol. The molecule has 0 aromatic heterocycles. The lowest BCUT2D eigenvalue weighted by atomic mass is 11.8. The van der Waals surface area contributed by atoms with E-state index in [1.165, 1.54) is 9.12 Å². The van der Waals surface area contributed by atoms with Crippen molar-refractivity contribution in [3.63, 3.8) is 0 Å². The number of halogens is 1. The van der Waals surface area contributed by atoms with E-state index in [9.17, 15) is 0 Å². The van der Waals surface area contributed by atoms with Gasteiger partial charge in [-0.3, -0.25) is 0 Å². The smallest absolute Gasteiger partial charge is 0.0461 e. The second-order valence-corrected chi connectivity index (χ2v) is 1.78. The minimum atomic E-state index is 0. The van der Waals surface area contributed by atoms with Gasteiger partial charge in [0, 0.05) is 30.3 Å². The minimum absolute atomic E-state index is 0. The molecule has 5 heavy (non-hydrogen) atoms. The minimum Gasteiger partial charge on any atom is -0.222 e. The number of nitrogens with zero attached hydrogens (tertiary/aromatic N) is 1. The Hall–Kier alpha value is 1.10. The highest BCUT2D eigenvalue weighted by molar-refractivity contribution is 14.2. The van der Waals surface area contributed by atoms with E-state index in [0.29, 0.717) is 0 Å². The summed E-state index contributed by atoms with van der Waals surface area (Å²) in [5.74, 6) is 0. The van der Waals surface area contributed by atoms with Crippen molar-refractivity contribution < 1.29 is 0 Å². The zero-order valence-electron chi connectivity index (χ0n) is 2.44. The second kappa shape index (κ2) is 8.92. The van der Waals surface area contributed by atoms with E-state index >= 15 is 0 Å². The van der Waals surface area contributed by atoms with Gasteiger partial charge in [-0.2, -0.15) is 13.5 Å². The fourth-order valence-corrected chi connectivity index (χ4v) is 0. The van der Waals surface area contributed by atoms with Crippen LogP contribution in [0.15, 0.2) is 4.40 Å². The molecule has 0 bridgehead atoms. The molecule has 0 saturated heterocycles. The number of hydrogen-bond acceptors (Lipinski definition) is 2. The summed E-state index contributed by atoms with van der Waals surface area (Å²) in [5.41, 5.74) is 0. The highest BCUT2D eigenvalue weighted by Crippen LogP contribution is 2.08. The van der Waals surface area contributed by atoms with Crippen LogP contribution < -0.4 is 0 Å². The van der Waals surface area contributed by atoms with Crippen LogP contribution in [0.1, 0.15) is 0 Å². The Morgan fingerprint density at radius 1 is 1.80 bits per heavy atom. The average molecular weight is 221 g/mol. The molecule has 0 aliphatic carbocycles. The van der Waals surface area contributed by atoms with Gasteiger partial charge >= 0.3 is 0 Å². The molecule has 0 aromatic rings. The van der Waals surface area contributed by atoms with Gasteiger partial charge in [-0.15, -0.1) is 0 Å². The largest absolute Gasteiger partial charge is 0.222 e. The van der Waals surface area contributed by atoms with E-state index in [-0.39, 0.29) is 13.5 Å². The van der Waals surface area contributed by atoms with Gasteiger partial charge in [0.1, 0.15) is 0 Å². The summed E-state index contributed by atoms with van der Waals surface area (Å²) in [5, 5.41) is 0. The van der Waals surface area contributed by atoms with Crippen LogP contribution in [0.4, 0.5) is 0 Å². The van der Waals surface area contributed by atoms with Gasteiger partial charge in [-0.05, 0) is 6.72 Å². The van der Waals surface area contributed by atoms with Gasteiger partial charge < -0.3 is 0 Å². The molecule has 4 heteroatoms. The Balaban J connectivity index is 0. The van der Waals surface area contributed by atoms with Gasteiger partial charge in [0.15, 0.2) is 0 Å². The van der Waals surface area contributed by atoms with Gasteiger partial charge in [-0.1, -0.05) is 0 Å². The summed E-state index contributed by atoms with van der Waals surface area (Å²) in [4.78, 5) is 0. The average Bonchev–Trinajstić information content (AvgIpc) is 1.37. The molecule has 0 atom stereocenters. The molecular weight excluding hydrogens is 217 g/mol. The Morgan fingerprint density at radius 2 is 2.00 bits per heavy atom. The van der Waals surface area contributed by atoms with Crippen molar-refractivity contribution in [1.29, 1.82) is 0 Å². The van der Waals surface area contributed by atoms with Crippen molar-refractivity contribution in [2.24, 2.45) is 4.40 Å². The molecule has 0 heterocycles. The maximum absolute atomic E-state index is 3.39. The molecule has 0 N–H and O–H groups in total. The highest BCUT2D eigenvalue weighted by atomic mass is 127. The lowest BCUT2D eigenvalue weighted by molar-refractivity contribution is 2.07. The van der Waals surface area contributed by atoms with Crippen LogP contribution in [0.2, 0.25) is 0 Å². The van der Waals surface area contributed by atoms with Crippen molar-refractivity contribution in [2.45, 2.75) is 0 Å². The molecule has 1 nitrogen and oxygen atoms in total. The third-order valence-corrected chi connectivity index (χ3v) is 0.982. The molecule has 0 rings (SSSR count). The van der Waals surface area contributed by atoms with Crippen LogP contribution in [-0.4, -0.2) is 6.72 Å². The van der Waals surface area contributed by atoms with Crippen molar-refractivity contribution in [1.82, 2.24) is 0 Å². The van der Waals surface area contributed by atoms with E-state index in [2.05, 4.69) is 11.1 Å². The van der Waals surface area contributed by atoms with Crippen LogP contribution in [0.3, 0.4) is 0 Å². The van der Waals surface area contributed by atoms with Crippen molar-refractivity contribution >= 4 is 50.5 Å². The molecule has 0 aromatic carbocycles. The van der Waals surface area contributed by atoms with E-state index in [1.807, 2.05) is 21.2 Å². The molecular formula is CH4INS2. The van der Waals surface area contributed by atoms with Gasteiger partial charge in [0.05, 0.1) is 0 Å². The monoisotopic (exact) mass is 221 g/mol. The quantitative estimate of drug-likeness (QED) is 0.373. The molecule has 0 amide bonds. The van der Waals surface area contributed by atoms with Crippen molar-refractivity contribution in [3.8, 4) is 0 Å². The molecule has 0 fully saturated rings. The van der Waals surface area contributed by atoms with Gasteiger partial charge in [-0.25, -0.2) is 4.40 Å². The second-order valence-electron chi connectivity index (χ2n) is 0.198. The molecule has 0 radical (unpaired) electrons. The number of rotatable bonds is 1. The van der Waals surface area contributed by atoms with E-state index in [1.54, 1.807) is 0 Å². The zero-order chi connectivity index (χ0) is 3.41. The third kappa shape index (κ3) is 11.1. The fourth-order valence-electron chi connectivity index (χ4n) is 0. The summed E-state index contributed by atoms with van der Waals surface area (Å²) in [6.07, 6.45) is 0. The first kappa shape index (κ1) is 9.44. The lowest BCUT2D eigenvalue weighted by Gasteiger charge is -1.56. The molecule has 0 aliphatic rings. The maximum Gasteiger partial charge on any atom is 0.0461 e. The van der Waals surface area contributed by atoms with E-state index in [4.69, 9.17) is 0 Å². The highest BCUT2D eigenvalue weighted by Gasteiger charge is 1.47. The first-order valence-electron chi connectivity index (χ1n) is 0.653. The Bertz CT molecular complexity index is 23.6. The summed E-state index contributed by atoms with van der Waals surface area (Å²) in [6, 6.07) is 0. The summed E-state index contributed by atoms with van der Waals surface area (Å²) in [7, 11) is 1.34. The van der Waals surface area contributed by atoms with Gasteiger partial charge in [0.25, 0.3) is 0 Å². The van der Waals surface area contributed by atoms with Crippen LogP contribution in [0.5, 0.6) is 0 Å². The van der Waals surface area contributed by atoms with E-state index < -0.39 is 0 Å². The normalized spacial score (nSPS) is 5.00. The molecule has 0 spiro atoms. The van der Waals surface area contributed by atoms with Crippen molar-refractivity contribution in [3.05, 3.63) is 0 Å². The Morgan fingerprint density at radius 3 is 2.00 bits per heavy atom. The molecule has 0 unspecified atom stereocenters. The van der Waals surface area contributed by atoms with Crippen LogP contribution in [-0.2, 0) is 0 Å². The van der Waals surface area contributed by atoms with E-state index in [0.717, 1.165) is 0 Å². The van der Waals surface area contributed by atoms with Crippen LogP contribution >= 0.6 is 43.8 Å². The Kier molecular flexibility index (Phi) is 16.8. The molecule has 32 valence electrons. The third-order valence-electron chi connectivity index (χ3n) is 0.0488. The summed E-state index contributed by atoms with van der Waals surface area (Å²) >= 11 is 2.04. The lowest BCUT2D eigenvalue weighted by Crippen LogP contribution is -1.15. The Labute approximate surface area is 54.8 Å². The molecule has 0 aliphatic heterocycles. The maximum atomic E-state index is 3.39. The van der Waals surface area contributed by atoms with Gasteiger partial charge in [0.2, 0.25) is 0 Å². The van der Waals surface area contributed by atoms with Crippen LogP contribution in [0, 0.1) is 0 Å². The SMILES string of the molecule is C=NSI.S. The predicted octanol–water partition coefficient (Wildman–Crippen LogP) is 1.80. The summed E-state index contributed by atoms with van der Waals surface area (Å²) in [6.45, 7) is 3.18. The van der Waals surface area contributed by atoms with Crippen molar-refractivity contribution in [2.75, 3.05) is 0 Å². The first-order valence-corrected chi connectivity index (χ1v) is 3.97.